The van der Waals surface area contributed by atoms with E-state index in [1.165, 1.54) is 24.3 Å². The summed E-state index contributed by atoms with van der Waals surface area (Å²) in [7, 11) is 0. The first-order valence-electron chi connectivity index (χ1n) is 8.78. The fraction of sp³-hybridized carbons (Fsp3) is 0.211. The van der Waals surface area contributed by atoms with E-state index in [1.54, 1.807) is 24.3 Å². The zero-order valence-corrected chi connectivity index (χ0v) is 17.0. The minimum Gasteiger partial charge on any atom is -0.491 e. The number of nitro benzene ring substituents is 1. The number of hydrazine groups is 1. The lowest BCUT2D eigenvalue weighted by atomic mass is 10.2. The third-order valence-electron chi connectivity index (χ3n) is 3.43. The number of ether oxygens (including phenoxy) is 2. The van der Waals surface area contributed by atoms with Crippen molar-refractivity contribution in [1.82, 2.24) is 16.2 Å². The van der Waals surface area contributed by atoms with Crippen molar-refractivity contribution < 1.29 is 24.0 Å². The van der Waals surface area contributed by atoms with Gasteiger partial charge in [-0.15, -0.1) is 0 Å². The highest BCUT2D eigenvalue weighted by atomic mass is 32.1. The predicted molar refractivity (Wildman–Crippen MR) is 112 cm³/mol. The summed E-state index contributed by atoms with van der Waals surface area (Å²) >= 11 is 4.97. The number of carbonyl (C=O) groups excluding carboxylic acids is 2. The lowest BCUT2D eigenvalue weighted by Crippen LogP contribution is -2.49. The van der Waals surface area contributed by atoms with Crippen molar-refractivity contribution in [1.29, 1.82) is 0 Å². The number of rotatable bonds is 7. The summed E-state index contributed by atoms with van der Waals surface area (Å²) in [6.07, 6.45) is -0.0329. The standard InChI is InChI=1S/C19H20N4O6S/c1-12(2)29-16-5-3-4-13(10-16)18(25)20-19(30)22-21-17(24)11-28-15-8-6-14(7-9-15)23(26)27/h3-10,12H,11H2,1-2H3,(H,21,24)(H2,20,22,25,30). The first-order chi connectivity index (χ1) is 14.2. The Morgan fingerprint density at radius 2 is 1.80 bits per heavy atom. The average molecular weight is 432 g/mol. The molecular weight excluding hydrogens is 412 g/mol. The first kappa shape index (κ1) is 22.6. The predicted octanol–water partition coefficient (Wildman–Crippen LogP) is 2.10. The van der Waals surface area contributed by atoms with E-state index in [1.807, 2.05) is 13.8 Å². The van der Waals surface area contributed by atoms with Crippen molar-refractivity contribution in [2.24, 2.45) is 0 Å². The Morgan fingerprint density at radius 3 is 2.43 bits per heavy atom. The summed E-state index contributed by atoms with van der Waals surface area (Å²) in [5.74, 6) is -0.210. The van der Waals surface area contributed by atoms with E-state index >= 15 is 0 Å². The molecule has 0 radical (unpaired) electrons. The summed E-state index contributed by atoms with van der Waals surface area (Å²) in [5, 5.41) is 12.9. The largest absolute Gasteiger partial charge is 0.491 e. The average Bonchev–Trinajstić information content (AvgIpc) is 2.70. The van der Waals surface area contributed by atoms with Crippen LogP contribution >= 0.6 is 12.2 Å². The van der Waals surface area contributed by atoms with Crippen molar-refractivity contribution in [2.75, 3.05) is 6.61 Å². The van der Waals surface area contributed by atoms with Crippen molar-refractivity contribution in [3.05, 3.63) is 64.2 Å². The monoisotopic (exact) mass is 432 g/mol. The molecule has 2 rings (SSSR count). The van der Waals surface area contributed by atoms with Gasteiger partial charge in [-0.1, -0.05) is 6.07 Å². The molecule has 3 N–H and O–H groups in total. The van der Waals surface area contributed by atoms with E-state index in [2.05, 4.69) is 16.2 Å². The number of benzene rings is 2. The number of amides is 2. The summed E-state index contributed by atoms with van der Waals surface area (Å²) in [6.45, 7) is 3.38. The van der Waals surface area contributed by atoms with E-state index in [9.17, 15) is 19.7 Å². The maximum Gasteiger partial charge on any atom is 0.276 e. The van der Waals surface area contributed by atoms with Gasteiger partial charge in [0.25, 0.3) is 17.5 Å². The van der Waals surface area contributed by atoms with E-state index in [4.69, 9.17) is 21.7 Å². The maximum atomic E-state index is 12.2. The van der Waals surface area contributed by atoms with E-state index in [-0.39, 0.29) is 29.3 Å². The Balaban J connectivity index is 1.76. The minimum absolute atomic E-state index is 0.0329. The molecule has 0 atom stereocenters. The molecule has 11 heteroatoms. The molecule has 2 aromatic rings. The smallest absolute Gasteiger partial charge is 0.276 e. The number of non-ortho nitro benzene ring substituents is 1. The van der Waals surface area contributed by atoms with Crippen molar-refractivity contribution in [3.8, 4) is 11.5 Å². The summed E-state index contributed by atoms with van der Waals surface area (Å²) < 4.78 is 10.7. The van der Waals surface area contributed by atoms with Gasteiger partial charge in [-0.3, -0.25) is 35.9 Å². The normalized spacial score (nSPS) is 10.1. The molecule has 0 aliphatic carbocycles. The summed E-state index contributed by atoms with van der Waals surface area (Å²) in [5.41, 5.74) is 4.91. The van der Waals surface area contributed by atoms with Gasteiger partial charge in [0, 0.05) is 17.7 Å². The van der Waals surface area contributed by atoms with Crippen LogP contribution in [0, 0.1) is 10.1 Å². The molecule has 30 heavy (non-hydrogen) atoms. The molecule has 0 heterocycles. The lowest BCUT2D eigenvalue weighted by molar-refractivity contribution is -0.384. The van der Waals surface area contributed by atoms with Gasteiger partial charge in [0.05, 0.1) is 11.0 Å². The summed E-state index contributed by atoms with van der Waals surface area (Å²) in [6, 6.07) is 11.9. The molecule has 0 aliphatic heterocycles. The van der Waals surface area contributed by atoms with Gasteiger partial charge in [0.1, 0.15) is 11.5 Å². The third-order valence-corrected chi connectivity index (χ3v) is 3.63. The number of carbonyl (C=O) groups is 2. The van der Waals surface area contributed by atoms with Crippen LogP contribution in [0.3, 0.4) is 0 Å². The number of nitrogens with one attached hydrogen (secondary N) is 3. The number of thiocarbonyl (C=S) groups is 1. The van der Waals surface area contributed by atoms with Gasteiger partial charge in [-0.05, 0) is 56.4 Å². The molecular formula is C19H20N4O6S. The maximum absolute atomic E-state index is 12.2. The van der Waals surface area contributed by atoms with Gasteiger partial charge < -0.3 is 9.47 Å². The third kappa shape index (κ3) is 7.36. The second kappa shape index (κ2) is 10.7. The van der Waals surface area contributed by atoms with Crippen LogP contribution < -0.4 is 25.6 Å². The lowest BCUT2D eigenvalue weighted by Gasteiger charge is -2.13. The topological polar surface area (TPSA) is 132 Å². The van der Waals surface area contributed by atoms with Crippen molar-refractivity contribution in [2.45, 2.75) is 20.0 Å². The highest BCUT2D eigenvalue weighted by Gasteiger charge is 2.11. The van der Waals surface area contributed by atoms with E-state index in [0.717, 1.165) is 0 Å². The Bertz CT molecular complexity index is 933. The molecule has 0 fully saturated rings. The van der Waals surface area contributed by atoms with Crippen molar-refractivity contribution in [3.63, 3.8) is 0 Å². The Labute approximate surface area is 177 Å². The molecule has 0 unspecified atom stereocenters. The zero-order valence-electron chi connectivity index (χ0n) is 16.2. The van der Waals surface area contributed by atoms with E-state index in [0.29, 0.717) is 11.3 Å². The summed E-state index contributed by atoms with van der Waals surface area (Å²) in [4.78, 5) is 34.1. The van der Waals surface area contributed by atoms with Crippen LogP contribution in [0.15, 0.2) is 48.5 Å². The fourth-order valence-corrected chi connectivity index (χ4v) is 2.31. The Morgan fingerprint density at radius 1 is 1.10 bits per heavy atom. The van der Waals surface area contributed by atoms with Gasteiger partial charge >= 0.3 is 0 Å². The SMILES string of the molecule is CC(C)Oc1cccc(C(=O)NC(=S)NNC(=O)COc2ccc([N+](=O)[O-])cc2)c1. The molecule has 0 saturated heterocycles. The molecule has 0 aliphatic rings. The van der Waals surface area contributed by atoms with Crippen LogP contribution in [0.2, 0.25) is 0 Å². The zero-order chi connectivity index (χ0) is 22.1. The molecule has 10 nitrogen and oxygen atoms in total. The van der Waals surface area contributed by atoms with Crippen LogP contribution in [-0.4, -0.2) is 34.6 Å². The van der Waals surface area contributed by atoms with Gasteiger partial charge in [0.2, 0.25) is 0 Å². The number of nitrogens with zero attached hydrogens (tertiary/aromatic N) is 1. The van der Waals surface area contributed by atoms with Crippen LogP contribution in [-0.2, 0) is 4.79 Å². The molecule has 2 amide bonds. The molecule has 158 valence electrons. The fourth-order valence-electron chi connectivity index (χ4n) is 2.16. The number of nitro groups is 1. The molecule has 0 saturated carbocycles. The highest BCUT2D eigenvalue weighted by Crippen LogP contribution is 2.17. The minimum atomic E-state index is -0.572. The van der Waals surface area contributed by atoms with Gasteiger partial charge in [-0.2, -0.15) is 0 Å². The molecule has 2 aromatic carbocycles. The first-order valence-corrected chi connectivity index (χ1v) is 9.19. The van der Waals surface area contributed by atoms with Gasteiger partial charge in [0.15, 0.2) is 11.7 Å². The van der Waals surface area contributed by atoms with Crippen molar-refractivity contribution >= 4 is 34.8 Å². The van der Waals surface area contributed by atoms with E-state index < -0.39 is 16.7 Å². The van der Waals surface area contributed by atoms with Crippen LogP contribution in [0.25, 0.3) is 0 Å². The van der Waals surface area contributed by atoms with Crippen LogP contribution in [0.4, 0.5) is 5.69 Å². The molecule has 0 aromatic heterocycles. The van der Waals surface area contributed by atoms with Crippen LogP contribution in [0.5, 0.6) is 11.5 Å². The van der Waals surface area contributed by atoms with Gasteiger partial charge in [-0.25, -0.2) is 0 Å². The Hall–Kier alpha value is -3.73. The van der Waals surface area contributed by atoms with Crippen LogP contribution in [0.1, 0.15) is 24.2 Å². The second-order valence-corrected chi connectivity index (χ2v) is 6.60. The molecule has 0 bridgehead atoms. The second-order valence-electron chi connectivity index (χ2n) is 6.19. The number of hydrogen-bond donors (Lipinski definition) is 3. The number of hydrogen-bond acceptors (Lipinski definition) is 7. The molecule has 0 spiro atoms. The highest BCUT2D eigenvalue weighted by molar-refractivity contribution is 7.80. The quantitative estimate of drug-likeness (QED) is 0.344. The Kier molecular flexibility index (Phi) is 8.06.